The molecule has 32 heavy (non-hydrogen) atoms. The monoisotopic (exact) mass is 452 g/mol. The molecular formula is C26H29ClN2O3. The average molecular weight is 453 g/mol. The van der Waals surface area contributed by atoms with Crippen LogP contribution in [-0.4, -0.2) is 34.1 Å². The van der Waals surface area contributed by atoms with E-state index in [1.165, 1.54) is 0 Å². The van der Waals surface area contributed by atoms with Gasteiger partial charge in [0.1, 0.15) is 6.61 Å². The van der Waals surface area contributed by atoms with Crippen molar-refractivity contribution in [2.45, 2.75) is 39.2 Å². The molecule has 1 aromatic heterocycles. The Hall–Kier alpha value is -2.63. The first-order valence-corrected chi connectivity index (χ1v) is 11.6. The lowest BCUT2D eigenvalue weighted by Crippen LogP contribution is -2.23. The zero-order valence-electron chi connectivity index (χ0n) is 18.3. The first-order valence-electron chi connectivity index (χ1n) is 11.2. The van der Waals surface area contributed by atoms with E-state index >= 15 is 0 Å². The summed E-state index contributed by atoms with van der Waals surface area (Å²) in [5, 5.41) is 14.4. The number of aryl methyl sites for hydroxylation is 1. The number of carboxylic acid groups (broad SMARTS) is 1. The van der Waals surface area contributed by atoms with Gasteiger partial charge in [0.2, 0.25) is 0 Å². The molecule has 168 valence electrons. The van der Waals surface area contributed by atoms with Gasteiger partial charge in [0.05, 0.1) is 18.0 Å². The van der Waals surface area contributed by atoms with Gasteiger partial charge in [-0.05, 0) is 62.1 Å². The highest BCUT2D eigenvalue weighted by Gasteiger charge is 2.25. The molecular weight excluding hydrogens is 424 g/mol. The molecule has 0 amide bonds. The summed E-state index contributed by atoms with van der Waals surface area (Å²) >= 11 is 6.30. The molecule has 0 atom stereocenters. The van der Waals surface area contributed by atoms with E-state index in [2.05, 4.69) is 41.9 Å². The fourth-order valence-electron chi connectivity index (χ4n) is 4.73. The maximum absolute atomic E-state index is 10.7. The first-order chi connectivity index (χ1) is 15.5. The van der Waals surface area contributed by atoms with Crippen molar-refractivity contribution >= 4 is 17.6 Å². The SMILES string of the molecule is Cc1nn(CC2CCC(COCC(=O)O)CC2)c(-c2ccccc2)c1-c1cccc(Cl)c1. The minimum Gasteiger partial charge on any atom is -0.480 e. The highest BCUT2D eigenvalue weighted by molar-refractivity contribution is 6.30. The molecule has 1 aliphatic rings. The number of halogens is 1. The Kier molecular flexibility index (Phi) is 7.28. The van der Waals surface area contributed by atoms with Crippen LogP contribution in [0.25, 0.3) is 22.4 Å². The van der Waals surface area contributed by atoms with Crippen LogP contribution in [0.3, 0.4) is 0 Å². The molecule has 0 spiro atoms. The molecule has 0 saturated heterocycles. The molecule has 0 bridgehead atoms. The summed E-state index contributed by atoms with van der Waals surface area (Å²) in [4.78, 5) is 10.7. The van der Waals surface area contributed by atoms with Crippen molar-refractivity contribution in [1.82, 2.24) is 9.78 Å². The Morgan fingerprint density at radius 1 is 1.06 bits per heavy atom. The topological polar surface area (TPSA) is 64.4 Å². The number of rotatable bonds is 8. The number of benzene rings is 2. The summed E-state index contributed by atoms with van der Waals surface area (Å²) in [5.74, 6) is 0.0805. The molecule has 6 heteroatoms. The van der Waals surface area contributed by atoms with Crippen LogP contribution in [0.1, 0.15) is 31.4 Å². The second-order valence-corrected chi connectivity index (χ2v) is 9.10. The molecule has 1 N–H and O–H groups in total. The third-order valence-corrected chi connectivity index (χ3v) is 6.50. The molecule has 0 radical (unpaired) electrons. The van der Waals surface area contributed by atoms with Crippen molar-refractivity contribution < 1.29 is 14.6 Å². The maximum atomic E-state index is 10.7. The predicted molar refractivity (Wildman–Crippen MR) is 127 cm³/mol. The van der Waals surface area contributed by atoms with Gasteiger partial charge in [-0.3, -0.25) is 4.68 Å². The van der Waals surface area contributed by atoms with Crippen LogP contribution < -0.4 is 0 Å². The second-order valence-electron chi connectivity index (χ2n) is 8.66. The van der Waals surface area contributed by atoms with Gasteiger partial charge in [0.15, 0.2) is 0 Å². The molecule has 1 fully saturated rings. The molecule has 0 unspecified atom stereocenters. The van der Waals surface area contributed by atoms with Crippen molar-refractivity contribution in [3.63, 3.8) is 0 Å². The summed E-state index contributed by atoms with van der Waals surface area (Å²) in [5.41, 5.74) is 5.51. The smallest absolute Gasteiger partial charge is 0.329 e. The summed E-state index contributed by atoms with van der Waals surface area (Å²) in [6.45, 7) is 3.26. The summed E-state index contributed by atoms with van der Waals surface area (Å²) in [7, 11) is 0. The van der Waals surface area contributed by atoms with E-state index in [0.29, 0.717) is 18.4 Å². The van der Waals surface area contributed by atoms with Gasteiger partial charge in [-0.1, -0.05) is 54.1 Å². The van der Waals surface area contributed by atoms with Crippen LogP contribution >= 0.6 is 11.6 Å². The van der Waals surface area contributed by atoms with Crippen LogP contribution in [0.4, 0.5) is 0 Å². The normalized spacial score (nSPS) is 18.6. The Morgan fingerprint density at radius 2 is 1.75 bits per heavy atom. The first kappa shape index (κ1) is 22.6. The van der Waals surface area contributed by atoms with Crippen molar-refractivity contribution in [3.8, 4) is 22.4 Å². The van der Waals surface area contributed by atoms with E-state index in [4.69, 9.17) is 26.5 Å². The Balaban J connectivity index is 1.55. The van der Waals surface area contributed by atoms with E-state index in [1.54, 1.807) is 0 Å². The number of ether oxygens (including phenoxy) is 1. The van der Waals surface area contributed by atoms with Crippen LogP contribution in [0.5, 0.6) is 0 Å². The largest absolute Gasteiger partial charge is 0.480 e. The van der Waals surface area contributed by atoms with Crippen molar-refractivity contribution in [2.24, 2.45) is 11.8 Å². The van der Waals surface area contributed by atoms with E-state index in [9.17, 15) is 4.79 Å². The highest BCUT2D eigenvalue weighted by Crippen LogP contribution is 2.38. The lowest BCUT2D eigenvalue weighted by Gasteiger charge is -2.28. The Bertz CT molecular complexity index is 1060. The fourth-order valence-corrected chi connectivity index (χ4v) is 4.92. The second kappa shape index (κ2) is 10.3. The zero-order valence-corrected chi connectivity index (χ0v) is 19.1. The zero-order chi connectivity index (χ0) is 22.5. The average Bonchev–Trinajstić information content (AvgIpc) is 3.11. The van der Waals surface area contributed by atoms with Gasteiger partial charge in [-0.2, -0.15) is 5.10 Å². The molecule has 1 saturated carbocycles. The quantitative estimate of drug-likeness (QED) is 0.449. The minimum atomic E-state index is -0.906. The van der Waals surface area contributed by atoms with Crippen LogP contribution in [-0.2, 0) is 16.1 Å². The van der Waals surface area contributed by atoms with Crippen LogP contribution in [0, 0.1) is 18.8 Å². The lowest BCUT2D eigenvalue weighted by atomic mass is 9.82. The summed E-state index contributed by atoms with van der Waals surface area (Å²) in [6, 6.07) is 18.4. The molecule has 2 aromatic carbocycles. The molecule has 4 rings (SSSR count). The van der Waals surface area contributed by atoms with Gasteiger partial charge in [0, 0.05) is 22.7 Å². The number of aliphatic carboxylic acids is 1. The van der Waals surface area contributed by atoms with Crippen LogP contribution in [0.15, 0.2) is 54.6 Å². The standard InChI is InChI=1S/C26H29ClN2O3/c1-18-25(22-8-5-9-23(27)14-22)26(21-6-3-2-4-7-21)29(28-18)15-19-10-12-20(13-11-19)16-32-17-24(30)31/h2-9,14,19-20H,10-13,15-17H2,1H3,(H,30,31). The molecule has 1 heterocycles. The number of carboxylic acids is 1. The van der Waals surface area contributed by atoms with Gasteiger partial charge in [-0.25, -0.2) is 4.79 Å². The molecule has 5 nitrogen and oxygen atoms in total. The fraction of sp³-hybridized carbons (Fsp3) is 0.385. The van der Waals surface area contributed by atoms with Crippen LogP contribution in [0.2, 0.25) is 5.02 Å². The van der Waals surface area contributed by atoms with Gasteiger partial charge >= 0.3 is 5.97 Å². The third kappa shape index (κ3) is 5.40. The predicted octanol–water partition coefficient (Wildman–Crippen LogP) is 6.09. The number of nitrogens with zero attached hydrogens (tertiary/aromatic N) is 2. The summed E-state index contributed by atoms with van der Waals surface area (Å²) in [6.07, 6.45) is 4.32. The molecule has 3 aromatic rings. The van der Waals surface area contributed by atoms with Gasteiger partial charge in [0.25, 0.3) is 0 Å². The number of hydrogen-bond acceptors (Lipinski definition) is 3. The van der Waals surface area contributed by atoms with E-state index in [-0.39, 0.29) is 6.61 Å². The highest BCUT2D eigenvalue weighted by atomic mass is 35.5. The number of hydrogen-bond donors (Lipinski definition) is 1. The van der Waals surface area contributed by atoms with Gasteiger partial charge < -0.3 is 9.84 Å². The third-order valence-electron chi connectivity index (χ3n) is 6.26. The Labute approximate surface area is 194 Å². The van der Waals surface area contributed by atoms with E-state index < -0.39 is 5.97 Å². The minimum absolute atomic E-state index is 0.209. The van der Waals surface area contributed by atoms with E-state index in [0.717, 1.165) is 65.3 Å². The lowest BCUT2D eigenvalue weighted by molar-refractivity contribution is -0.142. The number of carbonyl (C=O) groups is 1. The Morgan fingerprint density at radius 3 is 2.44 bits per heavy atom. The maximum Gasteiger partial charge on any atom is 0.329 e. The summed E-state index contributed by atoms with van der Waals surface area (Å²) < 4.78 is 7.49. The number of aromatic nitrogens is 2. The van der Waals surface area contributed by atoms with Crippen molar-refractivity contribution in [2.75, 3.05) is 13.2 Å². The van der Waals surface area contributed by atoms with Crippen molar-refractivity contribution in [1.29, 1.82) is 0 Å². The molecule has 0 aliphatic heterocycles. The van der Waals surface area contributed by atoms with Gasteiger partial charge in [-0.15, -0.1) is 0 Å². The van der Waals surface area contributed by atoms with E-state index in [1.807, 2.05) is 24.3 Å². The molecule has 1 aliphatic carbocycles. The van der Waals surface area contributed by atoms with Crippen molar-refractivity contribution in [3.05, 3.63) is 65.3 Å².